The molecule has 0 fully saturated rings. The minimum absolute atomic E-state index is 0.136. The molecule has 0 bridgehead atoms. The number of fused-ring (bicyclic) bond motifs is 1. The zero-order valence-corrected chi connectivity index (χ0v) is 12.9. The lowest BCUT2D eigenvalue weighted by Crippen LogP contribution is -2.11. The van der Waals surface area contributed by atoms with Crippen LogP contribution in [0.4, 0.5) is 10.1 Å². The normalized spacial score (nSPS) is 11.8. The minimum atomic E-state index is -4.04. The van der Waals surface area contributed by atoms with Gasteiger partial charge >= 0.3 is 0 Å². The molecule has 0 saturated carbocycles. The zero-order chi connectivity index (χ0) is 17.5. The van der Waals surface area contributed by atoms with Crippen molar-refractivity contribution < 1.29 is 22.8 Å². The molecule has 0 aliphatic rings. The van der Waals surface area contributed by atoms with Crippen LogP contribution in [0.15, 0.2) is 53.6 Å². The number of benzene rings is 2. The van der Waals surface area contributed by atoms with Crippen LogP contribution in [0.1, 0.15) is 5.56 Å². The molecule has 0 radical (unpaired) electrons. The van der Waals surface area contributed by atoms with E-state index in [9.17, 15) is 28.0 Å². The number of rotatable bonds is 4. The Morgan fingerprint density at radius 3 is 2.42 bits per heavy atom. The van der Waals surface area contributed by atoms with Crippen LogP contribution >= 0.6 is 0 Å². The van der Waals surface area contributed by atoms with E-state index in [-0.39, 0.29) is 27.0 Å². The van der Waals surface area contributed by atoms with Gasteiger partial charge in [0.15, 0.2) is 0 Å². The molecule has 0 atom stereocenters. The summed E-state index contributed by atoms with van der Waals surface area (Å²) in [5.74, 6) is -0.571. The van der Waals surface area contributed by atoms with Crippen molar-refractivity contribution in [3.05, 3.63) is 70.2 Å². The van der Waals surface area contributed by atoms with Gasteiger partial charge in [-0.25, -0.2) is 16.8 Å². The molecule has 9 heteroatoms. The van der Waals surface area contributed by atoms with E-state index >= 15 is 0 Å². The molecule has 24 heavy (non-hydrogen) atoms. The quantitative estimate of drug-likeness (QED) is 0.575. The summed E-state index contributed by atoms with van der Waals surface area (Å²) in [7, 11) is -4.04. The number of aromatic nitrogens is 1. The summed E-state index contributed by atoms with van der Waals surface area (Å²) in [6.45, 7) is -0.483. The summed E-state index contributed by atoms with van der Waals surface area (Å²) >= 11 is 0. The van der Waals surface area contributed by atoms with Crippen LogP contribution in [-0.4, -0.2) is 22.4 Å². The lowest BCUT2D eigenvalue weighted by molar-refractivity contribution is -0.384. The SMILES string of the molecule is O=[N+]([O-])c1ccc2c(c1)c(CO)cn2S(=O)(=O)c1ccc(F)cc1. The summed E-state index contributed by atoms with van der Waals surface area (Å²) in [5.41, 5.74) is 0.211. The van der Waals surface area contributed by atoms with Gasteiger partial charge in [-0.05, 0) is 30.3 Å². The maximum Gasteiger partial charge on any atom is 0.270 e. The molecule has 3 rings (SSSR count). The first-order chi connectivity index (χ1) is 11.3. The average molecular weight is 350 g/mol. The molecule has 0 amide bonds. The van der Waals surface area contributed by atoms with E-state index in [0.717, 1.165) is 28.2 Å². The van der Waals surface area contributed by atoms with Gasteiger partial charge in [0.05, 0.1) is 21.9 Å². The number of nitrogens with zero attached hydrogens (tertiary/aromatic N) is 2. The lowest BCUT2D eigenvalue weighted by atomic mass is 10.1. The fourth-order valence-corrected chi connectivity index (χ4v) is 3.80. The molecule has 1 N–H and O–H groups in total. The summed E-state index contributed by atoms with van der Waals surface area (Å²) < 4.78 is 39.4. The Morgan fingerprint density at radius 2 is 1.83 bits per heavy atom. The van der Waals surface area contributed by atoms with Gasteiger partial charge in [0, 0.05) is 29.3 Å². The number of nitro groups is 1. The highest BCUT2D eigenvalue weighted by Gasteiger charge is 2.22. The first-order valence-corrected chi connectivity index (χ1v) is 8.19. The number of non-ortho nitro benzene ring substituents is 1. The Kier molecular flexibility index (Phi) is 3.82. The Hall–Kier alpha value is -2.78. The van der Waals surface area contributed by atoms with E-state index in [4.69, 9.17) is 0 Å². The van der Waals surface area contributed by atoms with Gasteiger partial charge < -0.3 is 5.11 Å². The second-order valence-corrected chi connectivity index (χ2v) is 6.84. The molecule has 124 valence electrons. The molecule has 0 unspecified atom stereocenters. The second kappa shape index (κ2) is 5.69. The number of hydrogen-bond donors (Lipinski definition) is 1. The minimum Gasteiger partial charge on any atom is -0.392 e. The van der Waals surface area contributed by atoms with E-state index in [0.29, 0.717) is 0 Å². The third kappa shape index (κ3) is 2.53. The topological polar surface area (TPSA) is 102 Å². The highest BCUT2D eigenvalue weighted by atomic mass is 32.2. The molecule has 2 aromatic carbocycles. The van der Waals surface area contributed by atoms with Gasteiger partial charge in [-0.2, -0.15) is 0 Å². The van der Waals surface area contributed by atoms with E-state index in [1.54, 1.807) is 0 Å². The van der Waals surface area contributed by atoms with Crippen LogP contribution in [0.5, 0.6) is 0 Å². The molecule has 0 saturated heterocycles. The highest BCUT2D eigenvalue weighted by Crippen LogP contribution is 2.29. The number of aliphatic hydroxyl groups excluding tert-OH is 1. The van der Waals surface area contributed by atoms with Crippen LogP contribution in [0.25, 0.3) is 10.9 Å². The Morgan fingerprint density at radius 1 is 1.17 bits per heavy atom. The lowest BCUT2D eigenvalue weighted by Gasteiger charge is -2.07. The van der Waals surface area contributed by atoms with Gasteiger partial charge in [-0.3, -0.25) is 10.1 Å². The Balaban J connectivity index is 2.26. The molecule has 3 aromatic rings. The molecule has 1 heterocycles. The van der Waals surface area contributed by atoms with Crippen molar-refractivity contribution in [3.8, 4) is 0 Å². The van der Waals surface area contributed by atoms with Gasteiger partial charge in [-0.1, -0.05) is 0 Å². The summed E-state index contributed by atoms with van der Waals surface area (Å²) in [4.78, 5) is 10.1. The van der Waals surface area contributed by atoms with Crippen molar-refractivity contribution in [2.75, 3.05) is 0 Å². The maximum absolute atomic E-state index is 13.0. The summed E-state index contributed by atoms with van der Waals surface area (Å²) in [6, 6.07) is 7.99. The third-order valence-corrected chi connectivity index (χ3v) is 5.28. The monoisotopic (exact) mass is 350 g/mol. The summed E-state index contributed by atoms with van der Waals surface area (Å²) in [5, 5.41) is 20.6. The largest absolute Gasteiger partial charge is 0.392 e. The predicted octanol–water partition coefficient (Wildman–Crippen LogP) is 2.42. The van der Waals surface area contributed by atoms with Crippen molar-refractivity contribution in [3.63, 3.8) is 0 Å². The second-order valence-electron chi connectivity index (χ2n) is 5.03. The summed E-state index contributed by atoms with van der Waals surface area (Å²) in [6.07, 6.45) is 1.20. The van der Waals surface area contributed by atoms with Crippen molar-refractivity contribution in [2.45, 2.75) is 11.5 Å². The fraction of sp³-hybridized carbons (Fsp3) is 0.0667. The van der Waals surface area contributed by atoms with Gasteiger partial charge in [0.25, 0.3) is 15.7 Å². The van der Waals surface area contributed by atoms with Crippen molar-refractivity contribution in [1.82, 2.24) is 3.97 Å². The van der Waals surface area contributed by atoms with E-state index < -0.39 is 27.4 Å². The van der Waals surface area contributed by atoms with Crippen molar-refractivity contribution >= 4 is 26.6 Å². The molecular formula is C15H11FN2O5S. The molecule has 7 nitrogen and oxygen atoms in total. The molecule has 0 aliphatic heterocycles. The van der Waals surface area contributed by atoms with Crippen molar-refractivity contribution in [2.24, 2.45) is 0 Å². The molecule has 0 spiro atoms. The van der Waals surface area contributed by atoms with Gasteiger partial charge in [0.1, 0.15) is 5.82 Å². The van der Waals surface area contributed by atoms with Gasteiger partial charge in [-0.15, -0.1) is 0 Å². The van der Waals surface area contributed by atoms with Gasteiger partial charge in [0.2, 0.25) is 0 Å². The van der Waals surface area contributed by atoms with E-state index in [1.165, 1.54) is 24.4 Å². The Bertz CT molecular complexity index is 1040. The van der Waals surface area contributed by atoms with E-state index in [2.05, 4.69) is 0 Å². The molecular weight excluding hydrogens is 339 g/mol. The highest BCUT2D eigenvalue weighted by molar-refractivity contribution is 7.90. The third-order valence-electron chi connectivity index (χ3n) is 3.59. The number of nitro benzene ring substituents is 1. The fourth-order valence-electron chi connectivity index (χ4n) is 2.41. The smallest absolute Gasteiger partial charge is 0.270 e. The van der Waals surface area contributed by atoms with Crippen molar-refractivity contribution in [1.29, 1.82) is 0 Å². The number of halogens is 1. The molecule has 1 aromatic heterocycles. The maximum atomic E-state index is 13.0. The van der Waals surface area contributed by atoms with Crippen LogP contribution in [-0.2, 0) is 16.6 Å². The van der Waals surface area contributed by atoms with Crippen LogP contribution < -0.4 is 0 Å². The Labute approximate surface area is 135 Å². The first kappa shape index (κ1) is 16.1. The van der Waals surface area contributed by atoms with Crippen LogP contribution in [0, 0.1) is 15.9 Å². The number of hydrogen-bond acceptors (Lipinski definition) is 5. The standard InChI is InChI=1S/C15H11FN2O5S/c16-11-1-4-13(5-2-11)24(22,23)17-8-10(9-19)14-7-12(18(20)21)3-6-15(14)17/h1-8,19H,9H2. The van der Waals surface area contributed by atoms with Crippen LogP contribution in [0.3, 0.4) is 0 Å². The molecule has 0 aliphatic carbocycles. The number of aliphatic hydroxyl groups is 1. The predicted molar refractivity (Wildman–Crippen MR) is 83.5 cm³/mol. The zero-order valence-electron chi connectivity index (χ0n) is 12.1. The average Bonchev–Trinajstić information content (AvgIpc) is 2.93. The first-order valence-electron chi connectivity index (χ1n) is 6.75. The van der Waals surface area contributed by atoms with E-state index in [1.807, 2.05) is 0 Å². The van der Waals surface area contributed by atoms with Crippen LogP contribution in [0.2, 0.25) is 0 Å².